The average molecular weight is 310 g/mol. The fourth-order valence-electron chi connectivity index (χ4n) is 2.57. The summed E-state index contributed by atoms with van der Waals surface area (Å²) in [5, 5.41) is 7.76. The molecule has 1 fully saturated rings. The van der Waals surface area contributed by atoms with Gasteiger partial charge in [0.25, 0.3) is 5.71 Å². The first-order valence-corrected chi connectivity index (χ1v) is 8.45. The van der Waals surface area contributed by atoms with E-state index in [1.54, 1.807) is 6.07 Å². The van der Waals surface area contributed by atoms with Crippen LogP contribution in [0.15, 0.2) is 21.7 Å². The molecule has 0 amide bonds. The summed E-state index contributed by atoms with van der Waals surface area (Å²) < 4.78 is 32.2. The van der Waals surface area contributed by atoms with Crippen LogP contribution in [0.5, 0.6) is 0 Å². The molecule has 1 N–H and O–H groups in total. The summed E-state index contributed by atoms with van der Waals surface area (Å²) in [7, 11) is -3.54. The van der Waals surface area contributed by atoms with Gasteiger partial charge in [-0.15, -0.1) is 0 Å². The normalized spacial score (nSPS) is 21.0. The number of piperazine rings is 1. The standard InChI is InChI=1S/C13H18N4O3S/c1-3-12-11-6-10(8-15-13(11)20-16-12)21(18,19)17-5-4-14-7-9(17)2/h6,8-9,14H,3-5,7H2,1-2H3. The molecule has 1 saturated heterocycles. The van der Waals surface area contributed by atoms with Crippen molar-refractivity contribution >= 4 is 21.1 Å². The Morgan fingerprint density at radius 1 is 1.52 bits per heavy atom. The lowest BCUT2D eigenvalue weighted by Crippen LogP contribution is -2.52. The van der Waals surface area contributed by atoms with Crippen LogP contribution in [-0.2, 0) is 16.4 Å². The van der Waals surface area contributed by atoms with Crippen molar-refractivity contribution in [3.05, 3.63) is 18.0 Å². The Hall–Kier alpha value is -1.51. The van der Waals surface area contributed by atoms with Gasteiger partial charge in [-0.1, -0.05) is 12.1 Å². The van der Waals surface area contributed by atoms with Crippen LogP contribution in [0.2, 0.25) is 0 Å². The number of hydrogen-bond acceptors (Lipinski definition) is 6. The highest BCUT2D eigenvalue weighted by molar-refractivity contribution is 7.89. The zero-order chi connectivity index (χ0) is 15.0. The minimum atomic E-state index is -3.54. The summed E-state index contributed by atoms with van der Waals surface area (Å²) in [6.45, 7) is 5.62. The van der Waals surface area contributed by atoms with Crippen molar-refractivity contribution in [2.24, 2.45) is 0 Å². The zero-order valence-electron chi connectivity index (χ0n) is 12.0. The first-order chi connectivity index (χ1) is 10.0. The fraction of sp³-hybridized carbons (Fsp3) is 0.538. The van der Waals surface area contributed by atoms with E-state index < -0.39 is 10.0 Å². The molecular weight excluding hydrogens is 292 g/mol. The molecule has 3 heterocycles. The molecular formula is C13H18N4O3S. The van der Waals surface area contributed by atoms with Crippen molar-refractivity contribution in [3.8, 4) is 0 Å². The molecule has 1 unspecified atom stereocenters. The van der Waals surface area contributed by atoms with E-state index in [-0.39, 0.29) is 10.9 Å². The first kappa shape index (κ1) is 14.4. The lowest BCUT2D eigenvalue weighted by Gasteiger charge is -2.32. The Kier molecular flexibility index (Phi) is 3.68. The molecule has 1 aliphatic rings. The van der Waals surface area contributed by atoms with Crippen LogP contribution in [-0.4, -0.2) is 48.5 Å². The van der Waals surface area contributed by atoms with Gasteiger partial charge in [-0.3, -0.25) is 0 Å². The highest BCUT2D eigenvalue weighted by Gasteiger charge is 2.31. The predicted octanol–water partition coefficient (Wildman–Crippen LogP) is 0.768. The summed E-state index contributed by atoms with van der Waals surface area (Å²) in [6, 6.07) is 1.54. The molecule has 0 aromatic carbocycles. The molecule has 2 aromatic rings. The molecule has 7 nitrogen and oxygen atoms in total. The summed E-state index contributed by atoms with van der Waals surface area (Å²) in [5.74, 6) is 0. The Bertz CT molecular complexity index is 756. The highest BCUT2D eigenvalue weighted by Crippen LogP contribution is 2.24. The molecule has 0 aliphatic carbocycles. The van der Waals surface area contributed by atoms with Crippen LogP contribution in [0.25, 0.3) is 11.1 Å². The van der Waals surface area contributed by atoms with E-state index >= 15 is 0 Å². The molecule has 2 aromatic heterocycles. The third-order valence-corrected chi connectivity index (χ3v) is 5.74. The van der Waals surface area contributed by atoms with Gasteiger partial charge in [0.1, 0.15) is 4.90 Å². The molecule has 0 bridgehead atoms. The van der Waals surface area contributed by atoms with Crippen LogP contribution >= 0.6 is 0 Å². The van der Waals surface area contributed by atoms with Crippen molar-refractivity contribution in [1.29, 1.82) is 0 Å². The maximum absolute atomic E-state index is 12.8. The van der Waals surface area contributed by atoms with Crippen LogP contribution < -0.4 is 5.32 Å². The predicted molar refractivity (Wildman–Crippen MR) is 77.4 cm³/mol. The number of fused-ring (bicyclic) bond motifs is 1. The quantitative estimate of drug-likeness (QED) is 0.901. The molecule has 114 valence electrons. The largest absolute Gasteiger partial charge is 0.336 e. The minimum Gasteiger partial charge on any atom is -0.336 e. The summed E-state index contributed by atoms with van der Waals surface area (Å²) >= 11 is 0. The van der Waals surface area contributed by atoms with Gasteiger partial charge in [-0.05, 0) is 19.4 Å². The number of aromatic nitrogens is 2. The van der Waals surface area contributed by atoms with Gasteiger partial charge in [0, 0.05) is 25.7 Å². The molecule has 0 spiro atoms. The summed E-state index contributed by atoms with van der Waals surface area (Å²) in [6.07, 6.45) is 2.01. The molecule has 3 rings (SSSR count). The molecule has 0 radical (unpaired) electrons. The number of nitrogens with one attached hydrogen (secondary N) is 1. The number of nitrogens with zero attached hydrogens (tertiary/aromatic N) is 3. The van der Waals surface area contributed by atoms with E-state index in [0.717, 1.165) is 5.69 Å². The number of hydrogen-bond donors (Lipinski definition) is 1. The van der Waals surface area contributed by atoms with E-state index in [2.05, 4.69) is 15.5 Å². The number of pyridine rings is 1. The third kappa shape index (κ3) is 2.43. The van der Waals surface area contributed by atoms with Gasteiger partial charge < -0.3 is 9.84 Å². The second kappa shape index (κ2) is 5.36. The van der Waals surface area contributed by atoms with Crippen molar-refractivity contribution in [2.45, 2.75) is 31.2 Å². The van der Waals surface area contributed by atoms with Crippen LogP contribution in [0.1, 0.15) is 19.5 Å². The van der Waals surface area contributed by atoms with E-state index in [1.165, 1.54) is 10.5 Å². The van der Waals surface area contributed by atoms with Gasteiger partial charge in [0.2, 0.25) is 10.0 Å². The maximum Gasteiger partial charge on any atom is 0.258 e. The van der Waals surface area contributed by atoms with Crippen molar-refractivity contribution < 1.29 is 12.9 Å². The van der Waals surface area contributed by atoms with Crippen LogP contribution in [0, 0.1) is 0 Å². The van der Waals surface area contributed by atoms with Gasteiger partial charge in [0.15, 0.2) is 0 Å². The van der Waals surface area contributed by atoms with Gasteiger partial charge in [0.05, 0.1) is 17.3 Å². The number of sulfonamides is 1. The Labute approximate surface area is 123 Å². The molecule has 1 aliphatic heterocycles. The second-order valence-electron chi connectivity index (χ2n) is 5.18. The monoisotopic (exact) mass is 310 g/mol. The Morgan fingerprint density at radius 3 is 3.05 bits per heavy atom. The van der Waals surface area contributed by atoms with E-state index in [9.17, 15) is 8.42 Å². The topological polar surface area (TPSA) is 88.3 Å². The van der Waals surface area contributed by atoms with Crippen molar-refractivity contribution in [1.82, 2.24) is 19.8 Å². The SMILES string of the molecule is CCc1noc2ncc(S(=O)(=O)N3CCNCC3C)cc12. The minimum absolute atomic E-state index is 0.0763. The van der Waals surface area contributed by atoms with Gasteiger partial charge in [-0.2, -0.15) is 4.31 Å². The van der Waals surface area contributed by atoms with Gasteiger partial charge in [-0.25, -0.2) is 13.4 Å². The van der Waals surface area contributed by atoms with Gasteiger partial charge >= 0.3 is 0 Å². The highest BCUT2D eigenvalue weighted by atomic mass is 32.2. The fourth-order valence-corrected chi connectivity index (χ4v) is 4.17. The number of aryl methyl sites for hydroxylation is 1. The smallest absolute Gasteiger partial charge is 0.258 e. The lowest BCUT2D eigenvalue weighted by molar-refractivity contribution is 0.284. The first-order valence-electron chi connectivity index (χ1n) is 7.01. The van der Waals surface area contributed by atoms with E-state index in [1.807, 2.05) is 13.8 Å². The number of rotatable bonds is 3. The molecule has 21 heavy (non-hydrogen) atoms. The zero-order valence-corrected chi connectivity index (χ0v) is 12.9. The third-order valence-electron chi connectivity index (χ3n) is 3.76. The Balaban J connectivity index is 2.05. The van der Waals surface area contributed by atoms with Crippen molar-refractivity contribution in [3.63, 3.8) is 0 Å². The van der Waals surface area contributed by atoms with Crippen molar-refractivity contribution in [2.75, 3.05) is 19.6 Å². The summed E-state index contributed by atoms with van der Waals surface area (Å²) in [5.41, 5.74) is 1.10. The maximum atomic E-state index is 12.8. The Morgan fingerprint density at radius 2 is 2.33 bits per heavy atom. The van der Waals surface area contributed by atoms with E-state index in [0.29, 0.717) is 37.2 Å². The lowest BCUT2D eigenvalue weighted by atomic mass is 10.2. The molecule has 8 heteroatoms. The molecule has 1 atom stereocenters. The van der Waals surface area contributed by atoms with Crippen LogP contribution in [0.4, 0.5) is 0 Å². The molecule has 0 saturated carbocycles. The second-order valence-corrected chi connectivity index (χ2v) is 7.07. The van der Waals surface area contributed by atoms with Crippen LogP contribution in [0.3, 0.4) is 0 Å². The van der Waals surface area contributed by atoms with E-state index in [4.69, 9.17) is 4.52 Å². The average Bonchev–Trinajstić information content (AvgIpc) is 2.89. The summed E-state index contributed by atoms with van der Waals surface area (Å²) in [4.78, 5) is 4.28.